The van der Waals surface area contributed by atoms with Gasteiger partial charge in [-0.2, -0.15) is 0 Å². The summed E-state index contributed by atoms with van der Waals surface area (Å²) in [5.41, 5.74) is 3.67. The number of hydrogen-bond donors (Lipinski definition) is 0. The van der Waals surface area contributed by atoms with Crippen molar-refractivity contribution in [2.75, 3.05) is 0 Å². The monoisotopic (exact) mass is 219 g/mol. The van der Waals surface area contributed by atoms with Crippen LogP contribution in [0.2, 0.25) is 0 Å². The molecule has 0 bridgehead atoms. The summed E-state index contributed by atoms with van der Waals surface area (Å²) < 4.78 is 1.92. The number of benzene rings is 1. The predicted octanol–water partition coefficient (Wildman–Crippen LogP) is 1.50. The van der Waals surface area contributed by atoms with Gasteiger partial charge in [-0.3, -0.25) is 4.40 Å². The fourth-order valence-electron chi connectivity index (χ4n) is 1.75. The zero-order valence-corrected chi connectivity index (χ0v) is 9.46. The molecule has 0 amide bonds. The molecule has 2 heterocycles. The van der Waals surface area contributed by atoms with Gasteiger partial charge in [0.05, 0.1) is 5.69 Å². The lowest BCUT2D eigenvalue weighted by Crippen LogP contribution is -1.99. The van der Waals surface area contributed by atoms with Crippen molar-refractivity contribution >= 4 is 19.1 Å². The number of nitrogens with zero attached hydrogens (tertiary/aromatic N) is 3. The number of rotatable bonds is 1. The van der Waals surface area contributed by atoms with Gasteiger partial charge < -0.3 is 0 Å². The van der Waals surface area contributed by atoms with E-state index in [2.05, 4.69) is 9.97 Å². The van der Waals surface area contributed by atoms with Gasteiger partial charge in [0, 0.05) is 23.7 Å². The standard InChI is InChI=1S/C13H10BN3/c1-9-6-7-17-8-12(16-13(17)15-9)10-2-4-11(14)5-3-10/h2-8H,1H3. The molecule has 0 aliphatic rings. The molecule has 0 atom stereocenters. The Balaban J connectivity index is 2.14. The number of aromatic nitrogens is 3. The molecule has 0 unspecified atom stereocenters. The first kappa shape index (κ1) is 10.1. The van der Waals surface area contributed by atoms with Crippen molar-refractivity contribution in [2.45, 2.75) is 6.92 Å². The zero-order valence-electron chi connectivity index (χ0n) is 9.46. The molecule has 3 nitrogen and oxygen atoms in total. The first-order valence-electron chi connectivity index (χ1n) is 5.41. The van der Waals surface area contributed by atoms with Crippen LogP contribution in [-0.4, -0.2) is 22.2 Å². The zero-order chi connectivity index (χ0) is 11.8. The van der Waals surface area contributed by atoms with E-state index in [1.54, 1.807) is 0 Å². The highest BCUT2D eigenvalue weighted by Crippen LogP contribution is 2.17. The molecule has 3 aromatic rings. The molecule has 1 aromatic carbocycles. The SMILES string of the molecule is [B]c1ccc(-c2cn3ccc(C)nc3n2)cc1. The van der Waals surface area contributed by atoms with Gasteiger partial charge >= 0.3 is 0 Å². The molecule has 0 spiro atoms. The van der Waals surface area contributed by atoms with Gasteiger partial charge in [0.25, 0.3) is 0 Å². The van der Waals surface area contributed by atoms with Crippen LogP contribution in [0.25, 0.3) is 17.0 Å². The summed E-state index contributed by atoms with van der Waals surface area (Å²) in [6.07, 6.45) is 3.93. The van der Waals surface area contributed by atoms with Crippen LogP contribution in [0, 0.1) is 6.92 Å². The highest BCUT2D eigenvalue weighted by atomic mass is 15.1. The Morgan fingerprint density at radius 2 is 1.82 bits per heavy atom. The van der Waals surface area contributed by atoms with E-state index in [-0.39, 0.29) is 0 Å². The first-order chi connectivity index (χ1) is 8.22. The number of imidazole rings is 1. The maximum atomic E-state index is 5.66. The average Bonchev–Trinajstić information content (AvgIpc) is 2.72. The molecule has 2 aromatic heterocycles. The predicted molar refractivity (Wildman–Crippen MR) is 68.5 cm³/mol. The third kappa shape index (κ3) is 1.82. The van der Waals surface area contributed by atoms with Crippen molar-refractivity contribution in [3.05, 3.63) is 48.4 Å². The normalized spacial score (nSPS) is 10.9. The number of aryl methyl sites for hydroxylation is 1. The summed E-state index contributed by atoms with van der Waals surface area (Å²) in [4.78, 5) is 8.85. The highest BCUT2D eigenvalue weighted by molar-refractivity contribution is 6.32. The summed E-state index contributed by atoms with van der Waals surface area (Å²) in [5, 5.41) is 0. The fourth-order valence-corrected chi connectivity index (χ4v) is 1.75. The van der Waals surface area contributed by atoms with E-state index in [0.29, 0.717) is 0 Å². The molecule has 3 rings (SSSR count). The molecule has 0 fully saturated rings. The van der Waals surface area contributed by atoms with Crippen molar-refractivity contribution in [1.29, 1.82) is 0 Å². The van der Waals surface area contributed by atoms with E-state index in [1.807, 2.05) is 54.0 Å². The molecule has 0 aliphatic heterocycles. The van der Waals surface area contributed by atoms with Crippen LogP contribution in [0.3, 0.4) is 0 Å². The Hall–Kier alpha value is -2.10. The lowest BCUT2D eigenvalue weighted by molar-refractivity contribution is 1.07. The minimum atomic E-state index is 0.719. The topological polar surface area (TPSA) is 30.2 Å². The number of fused-ring (bicyclic) bond motifs is 1. The minimum absolute atomic E-state index is 0.719. The molecule has 0 saturated carbocycles. The van der Waals surface area contributed by atoms with Crippen molar-refractivity contribution in [3.8, 4) is 11.3 Å². The molecular formula is C13H10BN3. The lowest BCUT2D eigenvalue weighted by atomic mass is 9.95. The molecule has 0 aliphatic carbocycles. The van der Waals surface area contributed by atoms with Crippen LogP contribution in [0.15, 0.2) is 42.7 Å². The van der Waals surface area contributed by atoms with E-state index in [0.717, 1.165) is 28.2 Å². The Kier molecular flexibility index (Phi) is 2.21. The quantitative estimate of drug-likeness (QED) is 0.580. The molecule has 80 valence electrons. The Morgan fingerprint density at radius 1 is 1.06 bits per heavy atom. The summed E-state index contributed by atoms with van der Waals surface area (Å²) in [7, 11) is 5.66. The molecule has 0 saturated heterocycles. The van der Waals surface area contributed by atoms with Crippen molar-refractivity contribution in [1.82, 2.24) is 14.4 Å². The van der Waals surface area contributed by atoms with Crippen molar-refractivity contribution in [3.63, 3.8) is 0 Å². The van der Waals surface area contributed by atoms with Gasteiger partial charge in [-0.05, 0) is 13.0 Å². The van der Waals surface area contributed by atoms with Crippen LogP contribution >= 0.6 is 0 Å². The molecule has 17 heavy (non-hydrogen) atoms. The second-order valence-corrected chi connectivity index (χ2v) is 4.02. The molecule has 0 N–H and O–H groups in total. The van der Waals surface area contributed by atoms with Gasteiger partial charge in [0.15, 0.2) is 0 Å². The highest BCUT2D eigenvalue weighted by Gasteiger charge is 2.04. The maximum absolute atomic E-state index is 5.66. The maximum Gasteiger partial charge on any atom is 0.234 e. The van der Waals surface area contributed by atoms with Crippen LogP contribution < -0.4 is 5.46 Å². The van der Waals surface area contributed by atoms with Gasteiger partial charge in [-0.25, -0.2) is 9.97 Å². The second kappa shape index (κ2) is 3.73. The largest absolute Gasteiger partial charge is 0.291 e. The van der Waals surface area contributed by atoms with E-state index in [9.17, 15) is 0 Å². The lowest BCUT2D eigenvalue weighted by Gasteiger charge is -1.96. The first-order valence-corrected chi connectivity index (χ1v) is 5.41. The van der Waals surface area contributed by atoms with E-state index >= 15 is 0 Å². The second-order valence-electron chi connectivity index (χ2n) is 4.02. The van der Waals surface area contributed by atoms with E-state index in [1.165, 1.54) is 0 Å². The molecular weight excluding hydrogens is 209 g/mol. The Labute approximate surface area is 101 Å². The summed E-state index contributed by atoms with van der Waals surface area (Å²) in [5.74, 6) is 0.719. The smallest absolute Gasteiger partial charge is 0.234 e. The van der Waals surface area contributed by atoms with Gasteiger partial charge in [-0.1, -0.05) is 29.7 Å². The van der Waals surface area contributed by atoms with Crippen LogP contribution in [0.1, 0.15) is 5.69 Å². The fraction of sp³-hybridized carbons (Fsp3) is 0.0769. The summed E-state index contributed by atoms with van der Waals surface area (Å²) in [6, 6.07) is 9.63. The van der Waals surface area contributed by atoms with Crippen molar-refractivity contribution in [2.24, 2.45) is 0 Å². The summed E-state index contributed by atoms with van der Waals surface area (Å²) in [6.45, 7) is 1.96. The van der Waals surface area contributed by atoms with Gasteiger partial charge in [0.2, 0.25) is 5.78 Å². The average molecular weight is 219 g/mol. The Morgan fingerprint density at radius 3 is 2.59 bits per heavy atom. The third-order valence-corrected chi connectivity index (χ3v) is 2.67. The Bertz CT molecular complexity index is 671. The number of hydrogen-bond acceptors (Lipinski definition) is 2. The van der Waals surface area contributed by atoms with Crippen LogP contribution in [0.5, 0.6) is 0 Å². The van der Waals surface area contributed by atoms with Gasteiger partial charge in [0.1, 0.15) is 7.85 Å². The third-order valence-electron chi connectivity index (χ3n) is 2.67. The minimum Gasteiger partial charge on any atom is -0.291 e. The molecule has 2 radical (unpaired) electrons. The molecule has 4 heteroatoms. The van der Waals surface area contributed by atoms with Crippen LogP contribution in [-0.2, 0) is 0 Å². The summed E-state index contributed by atoms with van der Waals surface area (Å²) >= 11 is 0. The van der Waals surface area contributed by atoms with Gasteiger partial charge in [-0.15, -0.1) is 0 Å². The van der Waals surface area contributed by atoms with Crippen molar-refractivity contribution < 1.29 is 0 Å². The van der Waals surface area contributed by atoms with Crippen LogP contribution in [0.4, 0.5) is 0 Å². The van der Waals surface area contributed by atoms with E-state index in [4.69, 9.17) is 7.85 Å². The van der Waals surface area contributed by atoms with E-state index < -0.39 is 0 Å².